The van der Waals surface area contributed by atoms with Crippen LogP contribution in [0.15, 0.2) is 82.6 Å². The van der Waals surface area contributed by atoms with Crippen molar-refractivity contribution in [1.82, 2.24) is 10.3 Å². The Hall–Kier alpha value is -3.24. The van der Waals surface area contributed by atoms with Crippen LogP contribution in [0.25, 0.3) is 0 Å². The second-order valence-electron chi connectivity index (χ2n) is 7.43. The molecule has 0 saturated carbocycles. The van der Waals surface area contributed by atoms with E-state index in [0.29, 0.717) is 21.6 Å². The number of halogens is 3. The number of aromatic nitrogens is 1. The summed E-state index contributed by atoms with van der Waals surface area (Å²) in [6, 6.07) is 13.4. The Morgan fingerprint density at radius 1 is 1.06 bits per heavy atom. The van der Waals surface area contributed by atoms with Crippen molar-refractivity contribution in [3.05, 3.63) is 99.6 Å². The maximum Gasteiger partial charge on any atom is 0.265 e. The predicted molar refractivity (Wildman–Crippen MR) is 138 cm³/mol. The van der Waals surface area contributed by atoms with Gasteiger partial charge in [0, 0.05) is 24.3 Å². The van der Waals surface area contributed by atoms with E-state index in [0.717, 1.165) is 4.31 Å². The number of benzene rings is 2. The first kappa shape index (κ1) is 25.8. The fourth-order valence-electron chi connectivity index (χ4n) is 3.20. The van der Waals surface area contributed by atoms with Gasteiger partial charge in [-0.15, -0.1) is 0 Å². The van der Waals surface area contributed by atoms with E-state index in [-0.39, 0.29) is 33.5 Å². The number of carbonyl (C=O) groups is 1. The van der Waals surface area contributed by atoms with Crippen LogP contribution in [0.4, 0.5) is 5.69 Å². The van der Waals surface area contributed by atoms with Crippen LogP contribution in [-0.4, -0.2) is 26.4 Å². The van der Waals surface area contributed by atoms with Gasteiger partial charge in [-0.3, -0.25) is 14.1 Å². The zero-order valence-electron chi connectivity index (χ0n) is 18.6. The van der Waals surface area contributed by atoms with E-state index in [1.54, 1.807) is 12.1 Å². The number of nitrogens with zero attached hydrogens (tertiary/aromatic N) is 2. The molecule has 0 atom stereocenters. The van der Waals surface area contributed by atoms with E-state index in [9.17, 15) is 13.2 Å². The van der Waals surface area contributed by atoms with E-state index in [2.05, 4.69) is 10.3 Å². The second kappa shape index (κ2) is 10.8. The lowest BCUT2D eigenvalue weighted by molar-refractivity contribution is 0.0945. The van der Waals surface area contributed by atoms with Gasteiger partial charge < -0.3 is 14.5 Å². The molecule has 12 heteroatoms. The summed E-state index contributed by atoms with van der Waals surface area (Å²) in [5.74, 6) is 0.478. The van der Waals surface area contributed by atoms with Gasteiger partial charge in [0.25, 0.3) is 15.9 Å². The lowest BCUT2D eigenvalue weighted by atomic mass is 10.1. The first-order chi connectivity index (χ1) is 17.1. The highest BCUT2D eigenvalue weighted by Crippen LogP contribution is 2.33. The molecule has 1 N–H and O–H groups in total. The highest BCUT2D eigenvalue weighted by Gasteiger charge is 2.26. The number of nitrogens with one attached hydrogen (secondary N) is 1. The van der Waals surface area contributed by atoms with Crippen molar-refractivity contribution < 1.29 is 22.4 Å². The van der Waals surface area contributed by atoms with E-state index < -0.39 is 15.9 Å². The Kier molecular flexibility index (Phi) is 7.75. The molecule has 0 spiro atoms. The molecule has 2 aromatic heterocycles. The maximum atomic E-state index is 13.3. The molecule has 0 aliphatic rings. The number of pyridine rings is 1. The van der Waals surface area contributed by atoms with Gasteiger partial charge in [-0.25, -0.2) is 8.42 Å². The number of ether oxygens (including phenoxy) is 1. The number of hydrogen-bond donors (Lipinski definition) is 1. The van der Waals surface area contributed by atoms with Crippen LogP contribution in [0.5, 0.6) is 11.5 Å². The largest absolute Gasteiger partial charge is 0.467 e. The van der Waals surface area contributed by atoms with Crippen LogP contribution in [0.3, 0.4) is 0 Å². The number of hydrogen-bond acceptors (Lipinski definition) is 6. The minimum atomic E-state index is -4.08. The van der Waals surface area contributed by atoms with Gasteiger partial charge in [-0.1, -0.05) is 34.8 Å². The molecule has 0 unspecified atom stereocenters. The molecule has 36 heavy (non-hydrogen) atoms. The zero-order valence-corrected chi connectivity index (χ0v) is 21.7. The monoisotopic (exact) mass is 565 g/mol. The van der Waals surface area contributed by atoms with Crippen molar-refractivity contribution in [3.8, 4) is 11.5 Å². The second-order valence-corrected chi connectivity index (χ2v) is 10.6. The third kappa shape index (κ3) is 5.76. The van der Waals surface area contributed by atoms with Crippen molar-refractivity contribution in [3.63, 3.8) is 0 Å². The van der Waals surface area contributed by atoms with Crippen molar-refractivity contribution in [2.24, 2.45) is 0 Å². The Labute approximate surface area is 222 Å². The average Bonchev–Trinajstić information content (AvgIpc) is 3.36. The summed E-state index contributed by atoms with van der Waals surface area (Å²) in [4.78, 5) is 17.0. The average molecular weight is 567 g/mol. The minimum absolute atomic E-state index is 0.0285. The van der Waals surface area contributed by atoms with Crippen molar-refractivity contribution in [2.45, 2.75) is 11.4 Å². The van der Waals surface area contributed by atoms with Crippen LogP contribution in [0, 0.1) is 0 Å². The molecule has 4 aromatic rings. The third-order valence-corrected chi connectivity index (χ3v) is 7.72. The predicted octanol–water partition coefficient (Wildman–Crippen LogP) is 6.18. The third-order valence-electron chi connectivity index (χ3n) is 5.01. The summed E-state index contributed by atoms with van der Waals surface area (Å²) in [6.07, 6.45) is 4.37. The molecule has 1 amide bonds. The van der Waals surface area contributed by atoms with Gasteiger partial charge in [0.15, 0.2) is 0 Å². The van der Waals surface area contributed by atoms with Crippen LogP contribution in [0.2, 0.25) is 15.1 Å². The molecule has 0 saturated heterocycles. The Balaban J connectivity index is 1.70. The fourth-order valence-corrected chi connectivity index (χ4v) is 5.30. The van der Waals surface area contributed by atoms with Gasteiger partial charge in [0.1, 0.15) is 22.2 Å². The molecule has 8 nitrogen and oxygen atoms in total. The Morgan fingerprint density at radius 3 is 2.56 bits per heavy atom. The van der Waals surface area contributed by atoms with E-state index in [4.69, 9.17) is 44.0 Å². The molecule has 0 bridgehead atoms. The summed E-state index contributed by atoms with van der Waals surface area (Å²) >= 11 is 18.0. The summed E-state index contributed by atoms with van der Waals surface area (Å²) in [6.45, 7) is 0.114. The van der Waals surface area contributed by atoms with Gasteiger partial charge in [-0.05, 0) is 48.5 Å². The molecular formula is C24H18Cl3N3O5S. The fraction of sp³-hybridized carbons (Fsp3) is 0.0833. The Bertz CT molecular complexity index is 1510. The normalized spacial score (nSPS) is 11.2. The summed E-state index contributed by atoms with van der Waals surface area (Å²) in [7, 11) is -2.73. The molecule has 0 aliphatic carbocycles. The standard InChI is InChI=1S/C24H18Cl3N3O5S/c1-30(36(32,33)23-7-4-15(25)10-21(23)27)17-5-6-22(35-19-9-16(26)12-28-13-19)20(11-17)24(31)29-14-18-3-2-8-34-18/h2-13H,14H2,1H3,(H,29,31). The molecule has 186 valence electrons. The Morgan fingerprint density at radius 2 is 1.86 bits per heavy atom. The zero-order chi connectivity index (χ0) is 25.9. The SMILES string of the molecule is CN(c1ccc(Oc2cncc(Cl)c2)c(C(=O)NCc2ccco2)c1)S(=O)(=O)c1ccc(Cl)cc1Cl. The molecule has 0 aliphatic heterocycles. The van der Waals surface area contributed by atoms with Gasteiger partial charge >= 0.3 is 0 Å². The first-order valence-corrected chi connectivity index (χ1v) is 12.9. The van der Waals surface area contributed by atoms with Crippen LogP contribution >= 0.6 is 34.8 Å². The summed E-state index contributed by atoms with van der Waals surface area (Å²) in [5, 5.41) is 3.35. The van der Waals surface area contributed by atoms with Gasteiger partial charge in [-0.2, -0.15) is 0 Å². The van der Waals surface area contributed by atoms with Crippen LogP contribution < -0.4 is 14.4 Å². The lowest BCUT2D eigenvalue weighted by Gasteiger charge is -2.22. The van der Waals surface area contributed by atoms with Gasteiger partial charge in [0.05, 0.1) is 40.3 Å². The highest BCUT2D eigenvalue weighted by atomic mass is 35.5. The topological polar surface area (TPSA) is 102 Å². The van der Waals surface area contributed by atoms with Crippen LogP contribution in [0.1, 0.15) is 16.1 Å². The number of rotatable bonds is 8. The van der Waals surface area contributed by atoms with E-state index >= 15 is 0 Å². The van der Waals surface area contributed by atoms with Gasteiger partial charge in [0.2, 0.25) is 0 Å². The first-order valence-electron chi connectivity index (χ1n) is 10.3. The van der Waals surface area contributed by atoms with Crippen molar-refractivity contribution >= 4 is 56.4 Å². The number of amides is 1. The maximum absolute atomic E-state index is 13.3. The van der Waals surface area contributed by atoms with Crippen molar-refractivity contribution in [2.75, 3.05) is 11.4 Å². The molecule has 2 heterocycles. The van der Waals surface area contributed by atoms with E-state index in [1.807, 2.05) is 0 Å². The lowest BCUT2D eigenvalue weighted by Crippen LogP contribution is -2.28. The molecule has 0 fully saturated rings. The minimum Gasteiger partial charge on any atom is -0.467 e. The summed E-state index contributed by atoms with van der Waals surface area (Å²) in [5.41, 5.74) is 0.268. The number of furan rings is 1. The van der Waals surface area contributed by atoms with Crippen LogP contribution in [-0.2, 0) is 16.6 Å². The van der Waals surface area contributed by atoms with Crippen molar-refractivity contribution in [1.29, 1.82) is 0 Å². The number of sulfonamides is 1. The highest BCUT2D eigenvalue weighted by molar-refractivity contribution is 7.93. The molecule has 0 radical (unpaired) electrons. The number of anilines is 1. The number of carbonyl (C=O) groups excluding carboxylic acids is 1. The van der Waals surface area contributed by atoms with E-state index in [1.165, 1.54) is 68.2 Å². The quantitative estimate of drug-likeness (QED) is 0.273. The molecule has 4 rings (SSSR count). The molecular weight excluding hydrogens is 549 g/mol. The summed E-state index contributed by atoms with van der Waals surface area (Å²) < 4.78 is 38.7. The molecule has 2 aromatic carbocycles. The smallest absolute Gasteiger partial charge is 0.265 e.